The van der Waals surface area contributed by atoms with Crippen LogP contribution in [-0.4, -0.2) is 39.8 Å². The van der Waals surface area contributed by atoms with Crippen molar-refractivity contribution < 1.29 is 24.5 Å². The Morgan fingerprint density at radius 1 is 1.35 bits per heavy atom. The molecule has 1 aliphatic heterocycles. The van der Waals surface area contributed by atoms with Crippen molar-refractivity contribution >= 4 is 5.97 Å². The lowest BCUT2D eigenvalue weighted by atomic mass is 9.63. The summed E-state index contributed by atoms with van der Waals surface area (Å²) in [5.74, 6) is 3.98. The van der Waals surface area contributed by atoms with Gasteiger partial charge in [0.25, 0.3) is 0 Å². The maximum atomic E-state index is 11.4. The highest BCUT2D eigenvalue weighted by Crippen LogP contribution is 2.51. The Bertz CT molecular complexity index is 681. The molecule has 3 atom stereocenters. The van der Waals surface area contributed by atoms with E-state index in [-0.39, 0.29) is 12.2 Å². The molecular weight excluding hydrogens is 332 g/mol. The minimum Gasteiger partial charge on any atom is -0.478 e. The molecule has 1 heterocycles. The van der Waals surface area contributed by atoms with E-state index in [0.29, 0.717) is 24.0 Å². The van der Waals surface area contributed by atoms with Gasteiger partial charge in [-0.3, -0.25) is 0 Å². The number of hydrogen-bond donors (Lipinski definition) is 2. The van der Waals surface area contributed by atoms with Crippen LogP contribution in [0.1, 0.15) is 60.8 Å². The first kappa shape index (κ1) is 20.7. The van der Waals surface area contributed by atoms with E-state index in [4.69, 9.17) is 14.6 Å². The molecule has 1 aliphatic carbocycles. The summed E-state index contributed by atoms with van der Waals surface area (Å²) in [6, 6.07) is 0. The number of carbonyl (C=O) groups is 1. The topological polar surface area (TPSA) is 76.0 Å². The second-order valence-electron chi connectivity index (χ2n) is 8.06. The first-order chi connectivity index (χ1) is 11.9. The highest BCUT2D eigenvalue weighted by atomic mass is 16.8. The van der Waals surface area contributed by atoms with Crippen LogP contribution in [0.4, 0.5) is 0 Å². The normalized spacial score (nSPS) is 36.4. The summed E-state index contributed by atoms with van der Waals surface area (Å²) in [5.41, 5.74) is -0.851. The van der Waals surface area contributed by atoms with Crippen LogP contribution in [0.2, 0.25) is 0 Å². The Kier molecular flexibility index (Phi) is 5.72. The van der Waals surface area contributed by atoms with Crippen LogP contribution in [-0.2, 0) is 14.3 Å². The zero-order chi connectivity index (χ0) is 19.8. The van der Waals surface area contributed by atoms with Crippen LogP contribution in [0.15, 0.2) is 23.3 Å². The van der Waals surface area contributed by atoms with Crippen molar-refractivity contribution in [3.8, 4) is 11.8 Å². The van der Waals surface area contributed by atoms with Gasteiger partial charge < -0.3 is 19.7 Å². The van der Waals surface area contributed by atoms with E-state index in [9.17, 15) is 9.90 Å². The molecule has 0 amide bonds. The Balaban J connectivity index is 2.43. The fourth-order valence-electron chi connectivity index (χ4n) is 3.79. The number of allylic oxidation sites excluding steroid dienone is 1. The largest absolute Gasteiger partial charge is 0.478 e. The molecule has 2 aliphatic rings. The summed E-state index contributed by atoms with van der Waals surface area (Å²) in [6.07, 6.45) is 4.69. The van der Waals surface area contributed by atoms with Crippen LogP contribution >= 0.6 is 0 Å². The minimum atomic E-state index is -1.38. The molecule has 0 aromatic heterocycles. The third kappa shape index (κ3) is 3.88. The van der Waals surface area contributed by atoms with Gasteiger partial charge in [-0.25, -0.2) is 4.79 Å². The van der Waals surface area contributed by atoms with E-state index < -0.39 is 22.8 Å². The Morgan fingerprint density at radius 3 is 2.38 bits per heavy atom. The predicted octanol–water partition coefficient (Wildman–Crippen LogP) is 3.43. The fourth-order valence-corrected chi connectivity index (χ4v) is 3.79. The molecule has 26 heavy (non-hydrogen) atoms. The second kappa shape index (κ2) is 7.19. The van der Waals surface area contributed by atoms with E-state index in [2.05, 4.69) is 11.8 Å². The lowest BCUT2D eigenvalue weighted by molar-refractivity contribution is -0.182. The van der Waals surface area contributed by atoms with Gasteiger partial charge >= 0.3 is 5.97 Å². The molecule has 0 radical (unpaired) electrons. The first-order valence-corrected chi connectivity index (χ1v) is 9.19. The SMILES string of the molecule is CCCC(C#CC1(O)C(C)=CC2(CC1(C)C)OC(C)C(C)O2)=CC(=O)O. The Hall–Kier alpha value is -1.61. The molecule has 1 spiro atoms. The van der Waals surface area contributed by atoms with Crippen molar-refractivity contribution in [1.29, 1.82) is 0 Å². The molecule has 2 rings (SSSR count). The van der Waals surface area contributed by atoms with Crippen molar-refractivity contribution in [2.24, 2.45) is 5.41 Å². The monoisotopic (exact) mass is 362 g/mol. The molecule has 0 bridgehead atoms. The van der Waals surface area contributed by atoms with Crippen molar-refractivity contribution in [3.05, 3.63) is 23.3 Å². The molecular formula is C21H30O5. The molecule has 144 valence electrons. The highest BCUT2D eigenvalue weighted by molar-refractivity contribution is 5.81. The van der Waals surface area contributed by atoms with E-state index in [1.165, 1.54) is 0 Å². The average Bonchev–Trinajstić information content (AvgIpc) is 2.75. The van der Waals surface area contributed by atoms with E-state index in [1.54, 1.807) is 0 Å². The summed E-state index contributed by atoms with van der Waals surface area (Å²) >= 11 is 0. The van der Waals surface area contributed by atoms with Gasteiger partial charge in [0.15, 0.2) is 11.4 Å². The Labute approximate surface area is 156 Å². The lowest BCUT2D eigenvalue weighted by Gasteiger charge is -2.48. The number of carboxylic acid groups (broad SMARTS) is 1. The predicted molar refractivity (Wildman–Crippen MR) is 99.3 cm³/mol. The van der Waals surface area contributed by atoms with Crippen LogP contribution in [0.25, 0.3) is 0 Å². The van der Waals surface area contributed by atoms with Crippen molar-refractivity contribution in [2.75, 3.05) is 0 Å². The third-order valence-electron chi connectivity index (χ3n) is 5.33. The summed E-state index contributed by atoms with van der Waals surface area (Å²) in [4.78, 5) is 11.0. The lowest BCUT2D eigenvalue weighted by Crippen LogP contribution is -2.53. The third-order valence-corrected chi connectivity index (χ3v) is 5.33. The Morgan fingerprint density at radius 2 is 1.92 bits per heavy atom. The van der Waals surface area contributed by atoms with Gasteiger partial charge in [-0.05, 0) is 38.8 Å². The van der Waals surface area contributed by atoms with Crippen molar-refractivity contribution in [1.82, 2.24) is 0 Å². The molecule has 0 aromatic carbocycles. The van der Waals surface area contributed by atoms with Gasteiger partial charge in [-0.1, -0.05) is 39.0 Å². The van der Waals surface area contributed by atoms with Gasteiger partial charge in [0, 0.05) is 23.5 Å². The van der Waals surface area contributed by atoms with Crippen LogP contribution < -0.4 is 0 Å². The quantitative estimate of drug-likeness (QED) is 0.457. The van der Waals surface area contributed by atoms with E-state index >= 15 is 0 Å². The van der Waals surface area contributed by atoms with Gasteiger partial charge in [0.05, 0.1) is 12.2 Å². The molecule has 1 fully saturated rings. The first-order valence-electron chi connectivity index (χ1n) is 9.19. The standard InChI is InChI=1S/C21H30O5/c1-7-8-17(11-18(22)23)9-10-21(24)14(2)12-20(13-19(21,5)6)25-15(3)16(4)26-20/h11-12,15-16,24H,7-8,13H2,1-6H3,(H,22,23). The molecule has 1 saturated heterocycles. The number of aliphatic hydroxyl groups is 1. The van der Waals surface area contributed by atoms with Gasteiger partial charge in [0.2, 0.25) is 0 Å². The summed E-state index contributed by atoms with van der Waals surface area (Å²) in [5, 5.41) is 20.4. The maximum Gasteiger partial charge on any atom is 0.329 e. The molecule has 5 nitrogen and oxygen atoms in total. The van der Waals surface area contributed by atoms with Gasteiger partial charge in [-0.15, -0.1) is 0 Å². The maximum absolute atomic E-state index is 11.4. The van der Waals surface area contributed by atoms with E-state index in [1.807, 2.05) is 47.6 Å². The zero-order valence-corrected chi connectivity index (χ0v) is 16.5. The number of hydrogen-bond acceptors (Lipinski definition) is 4. The summed E-state index contributed by atoms with van der Waals surface area (Å²) in [6.45, 7) is 11.6. The molecule has 5 heteroatoms. The number of rotatable bonds is 3. The van der Waals surface area contributed by atoms with Crippen molar-refractivity contribution in [3.63, 3.8) is 0 Å². The second-order valence-corrected chi connectivity index (χ2v) is 8.06. The smallest absolute Gasteiger partial charge is 0.329 e. The van der Waals surface area contributed by atoms with Crippen molar-refractivity contribution in [2.45, 2.75) is 84.4 Å². The average molecular weight is 362 g/mol. The molecule has 0 saturated carbocycles. The summed E-state index contributed by atoms with van der Waals surface area (Å²) < 4.78 is 12.1. The van der Waals surface area contributed by atoms with Gasteiger partial charge in [-0.2, -0.15) is 0 Å². The zero-order valence-electron chi connectivity index (χ0n) is 16.5. The highest BCUT2D eigenvalue weighted by Gasteiger charge is 2.56. The van der Waals surface area contributed by atoms with Crippen LogP contribution in [0.3, 0.4) is 0 Å². The van der Waals surface area contributed by atoms with Crippen LogP contribution in [0.5, 0.6) is 0 Å². The number of ether oxygens (including phenoxy) is 2. The molecule has 0 aromatic rings. The fraction of sp³-hybridized carbons (Fsp3) is 0.667. The molecule has 2 N–H and O–H groups in total. The van der Waals surface area contributed by atoms with Crippen LogP contribution in [0, 0.1) is 17.3 Å². The number of carboxylic acids is 1. The summed E-state index contributed by atoms with van der Waals surface area (Å²) in [7, 11) is 0. The van der Waals surface area contributed by atoms with Gasteiger partial charge in [0.1, 0.15) is 0 Å². The number of aliphatic carboxylic acids is 1. The van der Waals surface area contributed by atoms with E-state index in [0.717, 1.165) is 12.5 Å². The minimum absolute atomic E-state index is 0.0261. The molecule has 3 unspecified atom stereocenters.